The molecule has 1 heterocycles. The van der Waals surface area contributed by atoms with Crippen LogP contribution < -0.4 is 5.69 Å². The minimum atomic E-state index is -0.429. The van der Waals surface area contributed by atoms with Gasteiger partial charge in [-0.2, -0.15) is 0 Å². The molecule has 0 spiro atoms. The molecule has 6 nitrogen and oxygen atoms in total. The molecule has 0 saturated heterocycles. The average Bonchev–Trinajstić information content (AvgIpc) is 2.80. The first-order valence-electron chi connectivity index (χ1n) is 7.03. The molecule has 3 aromatic rings. The van der Waals surface area contributed by atoms with Gasteiger partial charge in [-0.15, -0.1) is 0 Å². The van der Waals surface area contributed by atoms with E-state index in [9.17, 15) is 14.9 Å². The Balaban J connectivity index is 2.12. The molecule has 0 aliphatic carbocycles. The highest BCUT2D eigenvalue weighted by Gasteiger charge is 2.13. The van der Waals surface area contributed by atoms with Crippen LogP contribution in [0.1, 0.15) is 12.5 Å². The van der Waals surface area contributed by atoms with Gasteiger partial charge in [-0.25, -0.2) is 4.79 Å². The van der Waals surface area contributed by atoms with Crippen molar-refractivity contribution in [3.63, 3.8) is 0 Å². The highest BCUT2D eigenvalue weighted by atomic mass is 16.6. The maximum absolute atomic E-state index is 12.5. The van der Waals surface area contributed by atoms with Crippen LogP contribution >= 0.6 is 0 Å². The van der Waals surface area contributed by atoms with Gasteiger partial charge in [-0.05, 0) is 24.6 Å². The van der Waals surface area contributed by atoms with Gasteiger partial charge in [0.15, 0.2) is 0 Å². The Labute approximate surface area is 126 Å². The van der Waals surface area contributed by atoms with E-state index in [2.05, 4.69) is 0 Å². The summed E-state index contributed by atoms with van der Waals surface area (Å²) in [6, 6.07) is 13.9. The molecule has 0 radical (unpaired) electrons. The number of imidazole rings is 1. The lowest BCUT2D eigenvalue weighted by atomic mass is 10.2. The lowest BCUT2D eigenvalue weighted by Crippen LogP contribution is -2.24. The Hall–Kier alpha value is -2.89. The standard InChI is InChI=1S/C16H15N3O3/c1-2-17-14-8-3-4-9-15(14)18(16(17)20)11-12-6-5-7-13(10-12)19(21)22/h3-10H,2,11H2,1H3. The predicted molar refractivity (Wildman–Crippen MR) is 84.1 cm³/mol. The summed E-state index contributed by atoms with van der Waals surface area (Å²) in [7, 11) is 0. The van der Waals surface area contributed by atoms with Crippen molar-refractivity contribution in [2.24, 2.45) is 0 Å². The predicted octanol–water partition coefficient (Wildman–Crippen LogP) is 2.78. The van der Waals surface area contributed by atoms with E-state index < -0.39 is 4.92 Å². The molecular weight excluding hydrogens is 282 g/mol. The first-order chi connectivity index (χ1) is 10.6. The number of nitro benzene ring substituents is 1. The maximum atomic E-state index is 12.5. The number of hydrogen-bond acceptors (Lipinski definition) is 3. The second-order valence-corrected chi connectivity index (χ2v) is 5.03. The molecule has 3 rings (SSSR count). The summed E-state index contributed by atoms with van der Waals surface area (Å²) in [5.41, 5.74) is 2.37. The molecular formula is C16H15N3O3. The van der Waals surface area contributed by atoms with Gasteiger partial charge in [0.25, 0.3) is 5.69 Å². The molecule has 112 valence electrons. The van der Waals surface area contributed by atoms with Crippen molar-refractivity contribution < 1.29 is 4.92 Å². The number of nitro groups is 1. The van der Waals surface area contributed by atoms with E-state index in [0.717, 1.165) is 16.6 Å². The lowest BCUT2D eigenvalue weighted by molar-refractivity contribution is -0.384. The van der Waals surface area contributed by atoms with Crippen LogP contribution in [0.4, 0.5) is 5.69 Å². The first kappa shape index (κ1) is 14.1. The number of aromatic nitrogens is 2. The van der Waals surface area contributed by atoms with E-state index in [0.29, 0.717) is 13.1 Å². The van der Waals surface area contributed by atoms with E-state index >= 15 is 0 Å². The van der Waals surface area contributed by atoms with Crippen LogP contribution in [0.2, 0.25) is 0 Å². The van der Waals surface area contributed by atoms with Crippen LogP contribution in [0.15, 0.2) is 53.3 Å². The topological polar surface area (TPSA) is 70.1 Å². The summed E-state index contributed by atoms with van der Waals surface area (Å²) in [6.45, 7) is 2.82. The van der Waals surface area contributed by atoms with Gasteiger partial charge in [-0.1, -0.05) is 24.3 Å². The molecule has 0 unspecified atom stereocenters. The van der Waals surface area contributed by atoms with E-state index in [1.54, 1.807) is 21.3 Å². The number of aryl methyl sites for hydroxylation is 1. The minimum Gasteiger partial charge on any atom is -0.292 e. The van der Waals surface area contributed by atoms with Crippen LogP contribution in [-0.2, 0) is 13.1 Å². The fourth-order valence-corrected chi connectivity index (χ4v) is 2.68. The Morgan fingerprint density at radius 1 is 1.05 bits per heavy atom. The molecule has 0 bridgehead atoms. The van der Waals surface area contributed by atoms with Crippen LogP contribution in [0.5, 0.6) is 0 Å². The summed E-state index contributed by atoms with van der Waals surface area (Å²) in [4.78, 5) is 23.0. The molecule has 0 atom stereocenters. The molecule has 0 N–H and O–H groups in total. The number of fused-ring (bicyclic) bond motifs is 1. The number of non-ortho nitro benzene ring substituents is 1. The van der Waals surface area contributed by atoms with Crippen LogP contribution in [-0.4, -0.2) is 14.1 Å². The van der Waals surface area contributed by atoms with Crippen molar-refractivity contribution in [3.05, 3.63) is 74.7 Å². The molecule has 0 saturated carbocycles. The van der Waals surface area contributed by atoms with Crippen molar-refractivity contribution >= 4 is 16.7 Å². The number of para-hydroxylation sites is 2. The average molecular weight is 297 g/mol. The van der Waals surface area contributed by atoms with Gasteiger partial charge < -0.3 is 0 Å². The van der Waals surface area contributed by atoms with Crippen molar-refractivity contribution in [1.29, 1.82) is 0 Å². The van der Waals surface area contributed by atoms with Gasteiger partial charge >= 0.3 is 5.69 Å². The summed E-state index contributed by atoms with van der Waals surface area (Å²) < 4.78 is 3.35. The molecule has 6 heteroatoms. The Bertz CT molecular complexity index is 908. The lowest BCUT2D eigenvalue weighted by Gasteiger charge is -2.03. The number of rotatable bonds is 4. The van der Waals surface area contributed by atoms with Crippen LogP contribution in [0, 0.1) is 10.1 Å². The monoisotopic (exact) mass is 297 g/mol. The van der Waals surface area contributed by atoms with Gasteiger partial charge in [0, 0.05) is 18.7 Å². The van der Waals surface area contributed by atoms with E-state index in [4.69, 9.17) is 0 Å². The molecule has 22 heavy (non-hydrogen) atoms. The number of hydrogen-bond donors (Lipinski definition) is 0. The van der Waals surface area contributed by atoms with Crippen molar-refractivity contribution in [2.75, 3.05) is 0 Å². The van der Waals surface area contributed by atoms with Crippen molar-refractivity contribution in [2.45, 2.75) is 20.0 Å². The molecule has 0 fully saturated rings. The van der Waals surface area contributed by atoms with Crippen LogP contribution in [0.3, 0.4) is 0 Å². The Morgan fingerprint density at radius 3 is 2.36 bits per heavy atom. The highest BCUT2D eigenvalue weighted by molar-refractivity contribution is 5.76. The van der Waals surface area contributed by atoms with Crippen molar-refractivity contribution in [1.82, 2.24) is 9.13 Å². The Kier molecular flexibility index (Phi) is 3.50. The zero-order valence-corrected chi connectivity index (χ0v) is 12.1. The third kappa shape index (κ3) is 2.28. The van der Waals surface area contributed by atoms with Gasteiger partial charge in [0.1, 0.15) is 0 Å². The zero-order valence-electron chi connectivity index (χ0n) is 12.1. The zero-order chi connectivity index (χ0) is 15.7. The van der Waals surface area contributed by atoms with E-state index in [1.165, 1.54) is 12.1 Å². The first-order valence-corrected chi connectivity index (χ1v) is 7.03. The van der Waals surface area contributed by atoms with Gasteiger partial charge in [-0.3, -0.25) is 19.2 Å². The van der Waals surface area contributed by atoms with E-state index in [1.807, 2.05) is 31.2 Å². The summed E-state index contributed by atoms with van der Waals surface area (Å²) in [6.07, 6.45) is 0. The highest BCUT2D eigenvalue weighted by Crippen LogP contribution is 2.17. The minimum absolute atomic E-state index is 0.0322. The smallest absolute Gasteiger partial charge is 0.292 e. The molecule has 0 aliphatic rings. The Morgan fingerprint density at radius 2 is 1.73 bits per heavy atom. The third-order valence-corrected chi connectivity index (χ3v) is 3.70. The van der Waals surface area contributed by atoms with Gasteiger partial charge in [0.2, 0.25) is 0 Å². The number of benzene rings is 2. The second kappa shape index (κ2) is 5.48. The molecule has 0 amide bonds. The molecule has 2 aromatic carbocycles. The quantitative estimate of drug-likeness (QED) is 0.549. The second-order valence-electron chi connectivity index (χ2n) is 5.03. The normalized spacial score (nSPS) is 11.0. The molecule has 1 aromatic heterocycles. The number of nitrogens with zero attached hydrogens (tertiary/aromatic N) is 3. The van der Waals surface area contributed by atoms with Crippen LogP contribution in [0.25, 0.3) is 11.0 Å². The maximum Gasteiger partial charge on any atom is 0.329 e. The fraction of sp³-hybridized carbons (Fsp3) is 0.188. The fourth-order valence-electron chi connectivity index (χ4n) is 2.68. The molecule has 0 aliphatic heterocycles. The summed E-state index contributed by atoms with van der Waals surface area (Å²) in [5, 5.41) is 10.9. The largest absolute Gasteiger partial charge is 0.329 e. The van der Waals surface area contributed by atoms with Crippen molar-refractivity contribution in [3.8, 4) is 0 Å². The van der Waals surface area contributed by atoms with E-state index in [-0.39, 0.29) is 11.4 Å². The van der Waals surface area contributed by atoms with Gasteiger partial charge in [0.05, 0.1) is 22.5 Å². The summed E-state index contributed by atoms with van der Waals surface area (Å²) >= 11 is 0. The summed E-state index contributed by atoms with van der Waals surface area (Å²) in [5.74, 6) is 0. The third-order valence-electron chi connectivity index (χ3n) is 3.70. The SMILES string of the molecule is CCn1c(=O)n(Cc2cccc([N+](=O)[O-])c2)c2ccccc21.